The molecule has 3 aliphatic carbocycles. The summed E-state index contributed by atoms with van der Waals surface area (Å²) in [6, 6.07) is 23.0. The molecular weight excluding hydrogens is 374 g/mol. The van der Waals surface area contributed by atoms with Gasteiger partial charge in [-0.15, -0.1) is 0 Å². The number of carbonyl (C=O) groups is 3. The zero-order valence-corrected chi connectivity index (χ0v) is 16.4. The van der Waals surface area contributed by atoms with E-state index in [1.165, 1.54) is 4.90 Å². The van der Waals surface area contributed by atoms with Crippen LogP contribution in [-0.4, -0.2) is 18.1 Å². The maximum absolute atomic E-state index is 13.8. The Hall–Kier alpha value is -3.53. The highest BCUT2D eigenvalue weighted by atomic mass is 16.2. The molecule has 7 rings (SSSR count). The van der Waals surface area contributed by atoms with Gasteiger partial charge in [0.25, 0.3) is 0 Å². The van der Waals surface area contributed by atoms with Gasteiger partial charge >= 0.3 is 0 Å². The smallest absolute Gasteiger partial charge is 0.239 e. The Kier molecular flexibility index (Phi) is 3.33. The normalized spacial score (nSPS) is 28.2. The average Bonchev–Trinajstić information content (AvgIpc) is 3.05. The summed E-state index contributed by atoms with van der Waals surface area (Å²) in [5, 5.41) is 0. The fourth-order valence-corrected chi connectivity index (χ4v) is 5.98. The highest BCUT2D eigenvalue weighted by Gasteiger charge is 2.68. The minimum Gasteiger partial charge on any atom is -0.302 e. The molecule has 4 heteroatoms. The second-order valence-corrected chi connectivity index (χ2v) is 8.49. The Bertz CT molecular complexity index is 1200. The molecule has 2 atom stereocenters. The number of rotatable bonds is 2. The SMILES string of the molecule is Cc1ccc(N2C(=O)[C@@H]3C4c5ccccc5C(C=O)(c5ccccc54)[C@H]3C2=O)cc1. The van der Waals surface area contributed by atoms with Crippen molar-refractivity contribution in [3.05, 3.63) is 101 Å². The Morgan fingerprint density at radius 2 is 1.37 bits per heavy atom. The van der Waals surface area contributed by atoms with Crippen LogP contribution in [0.3, 0.4) is 0 Å². The van der Waals surface area contributed by atoms with Gasteiger partial charge in [0.2, 0.25) is 11.8 Å². The van der Waals surface area contributed by atoms with Crippen molar-refractivity contribution in [3.8, 4) is 0 Å². The molecule has 3 aromatic rings. The van der Waals surface area contributed by atoms with E-state index in [1.54, 1.807) is 12.1 Å². The van der Waals surface area contributed by atoms with Gasteiger partial charge in [-0.05, 0) is 41.3 Å². The number of hydrogen-bond donors (Lipinski definition) is 0. The molecule has 1 aliphatic heterocycles. The van der Waals surface area contributed by atoms with Crippen LogP contribution < -0.4 is 4.90 Å². The van der Waals surface area contributed by atoms with E-state index in [2.05, 4.69) is 0 Å². The number of imide groups is 1. The predicted octanol–water partition coefficient (Wildman–Crippen LogP) is 3.74. The quantitative estimate of drug-likeness (QED) is 0.492. The van der Waals surface area contributed by atoms with Gasteiger partial charge in [-0.1, -0.05) is 66.2 Å². The monoisotopic (exact) mass is 393 g/mol. The minimum absolute atomic E-state index is 0.214. The van der Waals surface area contributed by atoms with Gasteiger partial charge in [0.1, 0.15) is 6.29 Å². The van der Waals surface area contributed by atoms with E-state index in [0.717, 1.165) is 34.1 Å². The lowest BCUT2D eigenvalue weighted by Gasteiger charge is -2.51. The lowest BCUT2D eigenvalue weighted by molar-refractivity contribution is -0.128. The largest absolute Gasteiger partial charge is 0.302 e. The van der Waals surface area contributed by atoms with E-state index in [4.69, 9.17) is 0 Å². The third-order valence-electron chi connectivity index (χ3n) is 7.16. The maximum Gasteiger partial charge on any atom is 0.239 e. The Labute approximate surface area is 174 Å². The summed E-state index contributed by atoms with van der Waals surface area (Å²) in [4.78, 5) is 41.6. The molecular formula is C26H19NO3. The topological polar surface area (TPSA) is 54.5 Å². The summed E-state index contributed by atoms with van der Waals surface area (Å²) in [5.74, 6) is -2.02. The van der Waals surface area contributed by atoms with E-state index in [9.17, 15) is 14.4 Å². The molecule has 4 nitrogen and oxygen atoms in total. The molecule has 0 saturated carbocycles. The minimum atomic E-state index is -1.14. The molecule has 0 unspecified atom stereocenters. The van der Waals surface area contributed by atoms with Crippen LogP contribution >= 0.6 is 0 Å². The van der Waals surface area contributed by atoms with Crippen molar-refractivity contribution in [2.75, 3.05) is 4.90 Å². The molecule has 146 valence electrons. The number of aldehydes is 1. The van der Waals surface area contributed by atoms with Gasteiger partial charge in [0.05, 0.1) is 22.9 Å². The fraction of sp³-hybridized carbons (Fsp3) is 0.192. The summed E-state index contributed by atoms with van der Waals surface area (Å²) >= 11 is 0. The van der Waals surface area contributed by atoms with Crippen LogP contribution in [0.4, 0.5) is 5.69 Å². The summed E-state index contributed by atoms with van der Waals surface area (Å²) in [6.07, 6.45) is 0.904. The van der Waals surface area contributed by atoms with Crippen molar-refractivity contribution in [1.82, 2.24) is 0 Å². The van der Waals surface area contributed by atoms with E-state index in [0.29, 0.717) is 5.69 Å². The van der Waals surface area contributed by atoms with Gasteiger partial charge in [-0.3, -0.25) is 9.59 Å². The van der Waals surface area contributed by atoms with E-state index in [-0.39, 0.29) is 17.7 Å². The molecule has 3 aromatic carbocycles. The van der Waals surface area contributed by atoms with Gasteiger partial charge in [0, 0.05) is 5.92 Å². The number of aryl methyl sites for hydroxylation is 1. The highest BCUT2D eigenvalue weighted by molar-refractivity contribution is 6.24. The number of amides is 2. The van der Waals surface area contributed by atoms with Gasteiger partial charge in [-0.2, -0.15) is 0 Å². The maximum atomic E-state index is 13.8. The second-order valence-electron chi connectivity index (χ2n) is 8.49. The molecule has 1 saturated heterocycles. The number of hydrogen-bond acceptors (Lipinski definition) is 3. The third kappa shape index (κ3) is 1.85. The molecule has 4 aliphatic rings. The molecule has 0 N–H and O–H groups in total. The van der Waals surface area contributed by atoms with E-state index < -0.39 is 17.3 Å². The van der Waals surface area contributed by atoms with Crippen LogP contribution in [0.5, 0.6) is 0 Å². The molecule has 2 bridgehead atoms. The third-order valence-corrected chi connectivity index (χ3v) is 7.16. The van der Waals surface area contributed by atoms with Crippen molar-refractivity contribution < 1.29 is 14.4 Å². The average molecular weight is 393 g/mol. The first-order valence-corrected chi connectivity index (χ1v) is 10.2. The lowest BCUT2D eigenvalue weighted by Crippen LogP contribution is -2.54. The molecule has 2 amide bonds. The zero-order valence-electron chi connectivity index (χ0n) is 16.4. The number of anilines is 1. The predicted molar refractivity (Wildman–Crippen MR) is 112 cm³/mol. The second kappa shape index (κ2) is 5.76. The summed E-state index contributed by atoms with van der Waals surface area (Å²) in [5.41, 5.74) is 4.17. The Morgan fingerprint density at radius 3 is 1.93 bits per heavy atom. The van der Waals surface area contributed by atoms with Gasteiger partial charge in [-0.25, -0.2) is 4.90 Å². The standard InChI is InChI=1S/C26H19NO3/c1-15-10-12-16(13-11-15)27-24(29)22-21-17-6-2-4-8-19(17)26(14-28,23(22)25(27)30)20-9-5-3-7-18(20)21/h2-14,21-23H,1H3/t21?,22-,23-,26?/m1/s1. The number of carbonyl (C=O) groups excluding carboxylic acids is 3. The van der Waals surface area contributed by atoms with Crippen molar-refractivity contribution in [1.29, 1.82) is 0 Å². The zero-order chi connectivity index (χ0) is 20.6. The van der Waals surface area contributed by atoms with E-state index >= 15 is 0 Å². The van der Waals surface area contributed by atoms with Crippen molar-refractivity contribution in [2.24, 2.45) is 11.8 Å². The molecule has 1 fully saturated rings. The summed E-state index contributed by atoms with van der Waals surface area (Å²) < 4.78 is 0. The van der Waals surface area contributed by atoms with Crippen LogP contribution in [-0.2, 0) is 19.8 Å². The molecule has 1 heterocycles. The van der Waals surface area contributed by atoms with Crippen LogP contribution in [0.1, 0.15) is 33.7 Å². The summed E-state index contributed by atoms with van der Waals surface area (Å²) in [7, 11) is 0. The van der Waals surface area contributed by atoms with Crippen LogP contribution in [0.15, 0.2) is 72.8 Å². The first kappa shape index (κ1) is 17.3. The number of benzene rings is 3. The van der Waals surface area contributed by atoms with E-state index in [1.807, 2.05) is 67.6 Å². The number of nitrogens with zero attached hydrogens (tertiary/aromatic N) is 1. The van der Waals surface area contributed by atoms with Crippen molar-refractivity contribution in [3.63, 3.8) is 0 Å². The highest BCUT2D eigenvalue weighted by Crippen LogP contribution is 2.63. The van der Waals surface area contributed by atoms with Gasteiger partial charge < -0.3 is 4.79 Å². The van der Waals surface area contributed by atoms with Crippen LogP contribution in [0.25, 0.3) is 0 Å². The summed E-state index contributed by atoms with van der Waals surface area (Å²) in [6.45, 7) is 1.96. The lowest BCUT2D eigenvalue weighted by atomic mass is 9.48. The fourth-order valence-electron chi connectivity index (χ4n) is 5.98. The first-order valence-electron chi connectivity index (χ1n) is 10.2. The Balaban J connectivity index is 1.64. The molecule has 0 aromatic heterocycles. The molecule has 0 radical (unpaired) electrons. The van der Waals surface area contributed by atoms with Crippen molar-refractivity contribution in [2.45, 2.75) is 18.3 Å². The van der Waals surface area contributed by atoms with Crippen molar-refractivity contribution >= 4 is 23.8 Å². The molecule has 0 spiro atoms. The van der Waals surface area contributed by atoms with Crippen LogP contribution in [0.2, 0.25) is 0 Å². The first-order chi connectivity index (χ1) is 14.6. The Morgan fingerprint density at radius 1 is 0.800 bits per heavy atom. The van der Waals surface area contributed by atoms with Crippen LogP contribution in [0, 0.1) is 18.8 Å². The molecule has 30 heavy (non-hydrogen) atoms. The van der Waals surface area contributed by atoms with Gasteiger partial charge in [0.15, 0.2) is 0 Å².